The third-order valence-corrected chi connectivity index (χ3v) is 8.63. The fraction of sp³-hybridized carbons (Fsp3) is 0.379. The Kier molecular flexibility index (Phi) is 7.58. The molecule has 1 heterocycles. The Balaban J connectivity index is 1.15. The van der Waals surface area contributed by atoms with Crippen LogP contribution < -0.4 is 15.4 Å². The van der Waals surface area contributed by atoms with Crippen molar-refractivity contribution in [2.45, 2.75) is 50.5 Å². The Labute approximate surface area is 219 Å². The molecule has 3 aromatic carbocycles. The van der Waals surface area contributed by atoms with Crippen LogP contribution in [-0.4, -0.2) is 37.5 Å². The number of benzene rings is 3. The van der Waals surface area contributed by atoms with Crippen molar-refractivity contribution in [3.8, 4) is 0 Å². The molecular formula is C29H35N5O2S. The van der Waals surface area contributed by atoms with E-state index in [9.17, 15) is 8.42 Å². The van der Waals surface area contributed by atoms with Crippen LogP contribution in [0.25, 0.3) is 21.7 Å². The molecule has 0 atom stereocenters. The van der Waals surface area contributed by atoms with Gasteiger partial charge in [-0.1, -0.05) is 48.5 Å². The third kappa shape index (κ3) is 6.02. The van der Waals surface area contributed by atoms with Crippen LogP contribution in [0.2, 0.25) is 0 Å². The van der Waals surface area contributed by atoms with Crippen LogP contribution in [0.3, 0.4) is 0 Å². The summed E-state index contributed by atoms with van der Waals surface area (Å²) >= 11 is 0. The molecule has 1 aliphatic rings. The summed E-state index contributed by atoms with van der Waals surface area (Å²) in [4.78, 5) is 9.80. The summed E-state index contributed by atoms with van der Waals surface area (Å²) in [6, 6.07) is 21.4. The van der Waals surface area contributed by atoms with E-state index in [0.717, 1.165) is 59.7 Å². The zero-order valence-electron chi connectivity index (χ0n) is 21.4. The van der Waals surface area contributed by atoms with Crippen LogP contribution in [-0.2, 0) is 10.0 Å². The zero-order valence-corrected chi connectivity index (χ0v) is 22.3. The van der Waals surface area contributed by atoms with Gasteiger partial charge in [0.15, 0.2) is 0 Å². The number of fused-ring (bicyclic) bond motifs is 2. The summed E-state index contributed by atoms with van der Waals surface area (Å²) in [5, 5.41) is 9.60. The molecule has 1 aliphatic carbocycles. The third-order valence-electron chi connectivity index (χ3n) is 7.14. The molecule has 1 fully saturated rings. The summed E-state index contributed by atoms with van der Waals surface area (Å²) in [5.74, 6) is 2.36. The van der Waals surface area contributed by atoms with Crippen molar-refractivity contribution < 1.29 is 8.42 Å². The largest absolute Gasteiger partial charge is 0.367 e. The van der Waals surface area contributed by atoms with E-state index in [1.807, 2.05) is 54.6 Å². The molecule has 37 heavy (non-hydrogen) atoms. The molecule has 0 saturated heterocycles. The van der Waals surface area contributed by atoms with Crippen LogP contribution >= 0.6 is 0 Å². The second-order valence-corrected chi connectivity index (χ2v) is 12.0. The zero-order chi connectivity index (χ0) is 25.8. The SMILES string of the molecule is CC(C)Nc1nc(NCC2CCC(CNS(=O)(=O)c3cccc4ccccc34)CC2)nc2ccccc12. The van der Waals surface area contributed by atoms with E-state index in [1.54, 1.807) is 12.1 Å². The van der Waals surface area contributed by atoms with Gasteiger partial charge >= 0.3 is 0 Å². The first-order valence-corrected chi connectivity index (χ1v) is 14.6. The van der Waals surface area contributed by atoms with E-state index in [-0.39, 0.29) is 6.04 Å². The molecule has 1 saturated carbocycles. The lowest BCUT2D eigenvalue weighted by molar-refractivity contribution is 0.284. The fourth-order valence-electron chi connectivity index (χ4n) is 5.15. The normalized spacial score (nSPS) is 18.4. The van der Waals surface area contributed by atoms with E-state index < -0.39 is 10.0 Å². The number of hydrogen-bond donors (Lipinski definition) is 3. The van der Waals surface area contributed by atoms with Gasteiger partial charge in [0, 0.05) is 29.9 Å². The molecule has 0 spiro atoms. The minimum absolute atomic E-state index is 0.277. The number of nitrogens with one attached hydrogen (secondary N) is 3. The molecule has 0 aliphatic heterocycles. The van der Waals surface area contributed by atoms with Gasteiger partial charge in [0.2, 0.25) is 16.0 Å². The van der Waals surface area contributed by atoms with Gasteiger partial charge in [0.1, 0.15) is 5.82 Å². The van der Waals surface area contributed by atoms with E-state index in [1.165, 1.54) is 0 Å². The number of aromatic nitrogens is 2. The molecule has 194 valence electrons. The standard InChI is InChI=1S/C29H35N5O2S/c1-20(2)32-28-25-11-5-6-12-26(25)33-29(34-28)30-18-21-14-16-22(17-15-21)19-31-37(35,36)27-13-7-9-23-8-3-4-10-24(23)27/h3-13,20-22,31H,14-19H2,1-2H3,(H2,30,32,33,34). The molecule has 0 bridgehead atoms. The van der Waals surface area contributed by atoms with Gasteiger partial charge in [-0.2, -0.15) is 4.98 Å². The summed E-state index contributed by atoms with van der Waals surface area (Å²) in [6.07, 6.45) is 4.11. The first kappa shape index (κ1) is 25.4. The van der Waals surface area contributed by atoms with Gasteiger partial charge in [0.25, 0.3) is 0 Å². The highest BCUT2D eigenvalue weighted by atomic mass is 32.2. The second kappa shape index (κ2) is 11.0. The first-order chi connectivity index (χ1) is 17.9. The molecule has 1 aromatic heterocycles. The molecule has 4 aromatic rings. The number of rotatable bonds is 9. The van der Waals surface area contributed by atoms with Crippen molar-refractivity contribution in [1.29, 1.82) is 0 Å². The second-order valence-electron chi connectivity index (χ2n) is 10.3. The maximum Gasteiger partial charge on any atom is 0.241 e. The molecule has 7 nitrogen and oxygen atoms in total. The fourth-order valence-corrected chi connectivity index (χ4v) is 6.49. The summed E-state index contributed by atoms with van der Waals surface area (Å²) in [6.45, 7) is 5.49. The van der Waals surface area contributed by atoms with E-state index in [2.05, 4.69) is 29.2 Å². The molecule has 0 amide bonds. The molecule has 5 rings (SSSR count). The van der Waals surface area contributed by atoms with Crippen LogP contribution in [0.4, 0.5) is 11.8 Å². The number of sulfonamides is 1. The van der Waals surface area contributed by atoms with Crippen molar-refractivity contribution in [3.05, 3.63) is 66.7 Å². The lowest BCUT2D eigenvalue weighted by Crippen LogP contribution is -2.32. The van der Waals surface area contributed by atoms with Crippen molar-refractivity contribution in [2.75, 3.05) is 23.7 Å². The Morgan fingerprint density at radius 2 is 1.46 bits per heavy atom. The maximum absolute atomic E-state index is 13.1. The average molecular weight is 518 g/mol. The maximum atomic E-state index is 13.1. The highest BCUT2D eigenvalue weighted by Crippen LogP contribution is 2.30. The Bertz CT molecular complexity index is 1480. The van der Waals surface area contributed by atoms with Gasteiger partial charge in [-0.25, -0.2) is 18.1 Å². The minimum atomic E-state index is -3.56. The lowest BCUT2D eigenvalue weighted by Gasteiger charge is -2.28. The van der Waals surface area contributed by atoms with Crippen molar-refractivity contribution >= 4 is 43.5 Å². The minimum Gasteiger partial charge on any atom is -0.367 e. The van der Waals surface area contributed by atoms with Gasteiger partial charge in [0.05, 0.1) is 10.4 Å². The van der Waals surface area contributed by atoms with Gasteiger partial charge < -0.3 is 10.6 Å². The summed E-state index contributed by atoms with van der Waals surface area (Å²) < 4.78 is 29.0. The van der Waals surface area contributed by atoms with Crippen LogP contribution in [0, 0.1) is 11.8 Å². The van der Waals surface area contributed by atoms with Crippen LogP contribution in [0.1, 0.15) is 39.5 Å². The van der Waals surface area contributed by atoms with Gasteiger partial charge in [-0.3, -0.25) is 0 Å². The predicted octanol–water partition coefficient (Wildman–Crippen LogP) is 5.80. The van der Waals surface area contributed by atoms with Gasteiger partial charge in [-0.05, 0) is 75.0 Å². The monoisotopic (exact) mass is 517 g/mol. The molecule has 0 unspecified atom stereocenters. The highest BCUT2D eigenvalue weighted by Gasteiger charge is 2.24. The molecule has 0 radical (unpaired) electrons. The number of hydrogen-bond acceptors (Lipinski definition) is 6. The average Bonchev–Trinajstić information content (AvgIpc) is 2.91. The van der Waals surface area contributed by atoms with Gasteiger partial charge in [-0.15, -0.1) is 0 Å². The van der Waals surface area contributed by atoms with E-state index >= 15 is 0 Å². The molecule has 8 heteroatoms. The van der Waals surface area contributed by atoms with Crippen molar-refractivity contribution in [3.63, 3.8) is 0 Å². The lowest BCUT2D eigenvalue weighted by atomic mass is 9.82. The molecular weight excluding hydrogens is 482 g/mol. The predicted molar refractivity (Wildman–Crippen MR) is 151 cm³/mol. The van der Waals surface area contributed by atoms with Crippen molar-refractivity contribution in [1.82, 2.24) is 14.7 Å². The van der Waals surface area contributed by atoms with Crippen LogP contribution in [0.5, 0.6) is 0 Å². The highest BCUT2D eigenvalue weighted by molar-refractivity contribution is 7.89. The van der Waals surface area contributed by atoms with Crippen molar-refractivity contribution in [2.24, 2.45) is 11.8 Å². The smallest absolute Gasteiger partial charge is 0.241 e. The summed E-state index contributed by atoms with van der Waals surface area (Å²) in [7, 11) is -3.56. The summed E-state index contributed by atoms with van der Waals surface area (Å²) in [5.41, 5.74) is 0.922. The Hall–Kier alpha value is -3.23. The molecule has 3 N–H and O–H groups in total. The number of para-hydroxylation sites is 1. The van der Waals surface area contributed by atoms with E-state index in [0.29, 0.717) is 29.2 Å². The number of nitrogens with zero attached hydrogens (tertiary/aromatic N) is 2. The topological polar surface area (TPSA) is 96.0 Å². The number of anilines is 2. The quantitative estimate of drug-likeness (QED) is 0.260. The first-order valence-electron chi connectivity index (χ1n) is 13.1. The Morgan fingerprint density at radius 1 is 0.811 bits per heavy atom. The Morgan fingerprint density at radius 3 is 2.22 bits per heavy atom. The van der Waals surface area contributed by atoms with Crippen LogP contribution in [0.15, 0.2) is 71.6 Å². The van der Waals surface area contributed by atoms with E-state index in [4.69, 9.17) is 9.97 Å².